The molecule has 2 aromatic rings. The average molecular weight is 296 g/mol. The molecule has 1 aliphatic rings. The number of imidazole rings is 1. The maximum atomic E-state index is 14.2. The summed E-state index contributed by atoms with van der Waals surface area (Å²) in [4.78, 5) is 3.00. The molecular weight excluding hydrogens is 278 g/mol. The molecule has 108 valence electrons. The van der Waals surface area contributed by atoms with Crippen molar-refractivity contribution in [3.8, 4) is 0 Å². The molecule has 3 rings (SSSR count). The van der Waals surface area contributed by atoms with E-state index in [9.17, 15) is 8.78 Å². The number of nitrogens with one attached hydrogen (secondary N) is 1. The minimum atomic E-state index is -0.818. The first-order valence-corrected chi connectivity index (χ1v) is 7.58. The molecule has 1 saturated carbocycles. The number of H-pyrrole nitrogens is 1. The van der Waals surface area contributed by atoms with Gasteiger partial charge in [0.1, 0.15) is 5.52 Å². The van der Waals surface area contributed by atoms with E-state index in [2.05, 4.69) is 11.9 Å². The number of hydrogen-bond acceptors (Lipinski definition) is 1. The summed E-state index contributed by atoms with van der Waals surface area (Å²) in [6.07, 6.45) is 5.59. The first-order valence-electron chi connectivity index (χ1n) is 7.18. The standard InChI is InChI=1S/C15H18F2N2S/c1-9-5-3-2-4-6-12(9)19-14-11(18-15(19)20)8-7-10(16)13(14)17/h7-9,12H,2-6H2,1H3,(H,18,20). The van der Waals surface area contributed by atoms with E-state index in [1.165, 1.54) is 12.8 Å². The van der Waals surface area contributed by atoms with E-state index in [0.29, 0.717) is 16.2 Å². The third-order valence-electron chi connectivity index (χ3n) is 4.42. The van der Waals surface area contributed by atoms with E-state index in [1.807, 2.05) is 0 Å². The summed E-state index contributed by atoms with van der Waals surface area (Å²) in [7, 11) is 0. The molecular formula is C15H18F2N2S. The van der Waals surface area contributed by atoms with Crippen LogP contribution in [-0.4, -0.2) is 9.55 Å². The topological polar surface area (TPSA) is 20.7 Å². The Bertz CT molecular complexity index is 689. The predicted molar refractivity (Wildman–Crippen MR) is 78.3 cm³/mol. The lowest BCUT2D eigenvalue weighted by atomic mass is 9.96. The van der Waals surface area contributed by atoms with Crippen molar-refractivity contribution in [1.82, 2.24) is 9.55 Å². The summed E-state index contributed by atoms with van der Waals surface area (Å²) < 4.78 is 30.0. The second-order valence-electron chi connectivity index (χ2n) is 5.74. The molecule has 2 nitrogen and oxygen atoms in total. The van der Waals surface area contributed by atoms with Crippen LogP contribution in [0, 0.1) is 22.3 Å². The molecule has 0 radical (unpaired) electrons. The second kappa shape index (κ2) is 5.28. The second-order valence-corrected chi connectivity index (χ2v) is 6.13. The van der Waals surface area contributed by atoms with Crippen LogP contribution in [0.4, 0.5) is 8.78 Å². The molecule has 0 spiro atoms. The van der Waals surface area contributed by atoms with Gasteiger partial charge in [0, 0.05) is 6.04 Å². The number of hydrogen-bond donors (Lipinski definition) is 1. The highest BCUT2D eigenvalue weighted by Gasteiger charge is 2.25. The third-order valence-corrected chi connectivity index (χ3v) is 4.72. The molecule has 0 saturated heterocycles. The number of aromatic nitrogens is 2. The van der Waals surface area contributed by atoms with Gasteiger partial charge in [-0.25, -0.2) is 8.78 Å². The molecule has 0 bridgehead atoms. The van der Waals surface area contributed by atoms with Crippen molar-refractivity contribution in [3.05, 3.63) is 28.5 Å². The van der Waals surface area contributed by atoms with Crippen LogP contribution >= 0.6 is 12.2 Å². The summed E-state index contributed by atoms with van der Waals surface area (Å²) in [5.41, 5.74) is 0.860. The molecule has 1 aromatic carbocycles. The number of rotatable bonds is 1. The van der Waals surface area contributed by atoms with Gasteiger partial charge in [-0.3, -0.25) is 0 Å². The smallest absolute Gasteiger partial charge is 0.184 e. The van der Waals surface area contributed by atoms with Gasteiger partial charge in [0.2, 0.25) is 0 Å². The fraction of sp³-hybridized carbons (Fsp3) is 0.533. The highest BCUT2D eigenvalue weighted by molar-refractivity contribution is 7.71. The van der Waals surface area contributed by atoms with Crippen molar-refractivity contribution in [2.24, 2.45) is 5.92 Å². The van der Waals surface area contributed by atoms with Crippen molar-refractivity contribution in [2.45, 2.75) is 45.1 Å². The van der Waals surface area contributed by atoms with Crippen molar-refractivity contribution >= 4 is 23.3 Å². The lowest BCUT2D eigenvalue weighted by molar-refractivity contribution is 0.335. The Kier molecular flexibility index (Phi) is 3.63. The Hall–Kier alpha value is -1.23. The van der Waals surface area contributed by atoms with Gasteiger partial charge < -0.3 is 9.55 Å². The lowest BCUT2D eigenvalue weighted by Gasteiger charge is -2.24. The third kappa shape index (κ3) is 2.18. The van der Waals surface area contributed by atoms with Crippen LogP contribution in [0.1, 0.15) is 45.1 Å². The van der Waals surface area contributed by atoms with Gasteiger partial charge in [0.15, 0.2) is 16.4 Å². The number of halogens is 2. The Labute approximate surface area is 121 Å². The Morgan fingerprint density at radius 3 is 2.75 bits per heavy atom. The highest BCUT2D eigenvalue weighted by atomic mass is 32.1. The van der Waals surface area contributed by atoms with E-state index >= 15 is 0 Å². The van der Waals surface area contributed by atoms with E-state index in [1.54, 1.807) is 10.6 Å². The molecule has 5 heteroatoms. The summed E-state index contributed by atoms with van der Waals surface area (Å²) in [6.45, 7) is 2.17. The van der Waals surface area contributed by atoms with Crippen LogP contribution in [0.2, 0.25) is 0 Å². The quantitative estimate of drug-likeness (QED) is 0.572. The zero-order valence-corrected chi connectivity index (χ0v) is 12.3. The van der Waals surface area contributed by atoms with Crippen molar-refractivity contribution in [3.63, 3.8) is 0 Å². The van der Waals surface area contributed by atoms with Crippen LogP contribution in [0.15, 0.2) is 12.1 Å². The summed E-state index contributed by atoms with van der Waals surface area (Å²) in [5, 5.41) is 0. The molecule has 2 atom stereocenters. The summed E-state index contributed by atoms with van der Waals surface area (Å²) in [6, 6.07) is 2.85. The average Bonchev–Trinajstić information content (AvgIpc) is 2.60. The fourth-order valence-corrected chi connectivity index (χ4v) is 3.66. The first kappa shape index (κ1) is 13.7. The van der Waals surface area contributed by atoms with Gasteiger partial charge in [0.25, 0.3) is 0 Å². The van der Waals surface area contributed by atoms with Crippen LogP contribution in [-0.2, 0) is 0 Å². The number of nitrogens with zero attached hydrogens (tertiary/aromatic N) is 1. The molecule has 1 aromatic heterocycles. The molecule has 1 fully saturated rings. The minimum absolute atomic E-state index is 0.148. The van der Waals surface area contributed by atoms with Crippen LogP contribution in [0.25, 0.3) is 11.0 Å². The monoisotopic (exact) mass is 296 g/mol. The zero-order valence-electron chi connectivity index (χ0n) is 11.5. The van der Waals surface area contributed by atoms with Crippen LogP contribution in [0.5, 0.6) is 0 Å². The van der Waals surface area contributed by atoms with E-state index in [0.717, 1.165) is 25.3 Å². The normalized spacial score (nSPS) is 23.9. The number of fused-ring (bicyclic) bond motifs is 1. The Morgan fingerprint density at radius 2 is 1.95 bits per heavy atom. The van der Waals surface area contributed by atoms with Gasteiger partial charge in [-0.2, -0.15) is 0 Å². The van der Waals surface area contributed by atoms with Crippen molar-refractivity contribution in [1.29, 1.82) is 0 Å². The molecule has 2 unspecified atom stereocenters. The van der Waals surface area contributed by atoms with Gasteiger partial charge >= 0.3 is 0 Å². The number of benzene rings is 1. The Balaban J connectivity index is 2.21. The molecule has 0 aliphatic heterocycles. The largest absolute Gasteiger partial charge is 0.330 e. The summed E-state index contributed by atoms with van der Waals surface area (Å²) >= 11 is 5.35. The lowest BCUT2D eigenvalue weighted by Crippen LogP contribution is -2.17. The van der Waals surface area contributed by atoms with Gasteiger partial charge in [-0.05, 0) is 43.1 Å². The maximum Gasteiger partial charge on any atom is 0.184 e. The molecule has 1 heterocycles. The van der Waals surface area contributed by atoms with Crippen LogP contribution in [0.3, 0.4) is 0 Å². The fourth-order valence-electron chi connectivity index (χ4n) is 3.33. The van der Waals surface area contributed by atoms with Crippen molar-refractivity contribution < 1.29 is 8.78 Å². The molecule has 0 amide bonds. The zero-order chi connectivity index (χ0) is 14.3. The van der Waals surface area contributed by atoms with Crippen LogP contribution < -0.4 is 0 Å². The molecule has 20 heavy (non-hydrogen) atoms. The minimum Gasteiger partial charge on any atom is -0.330 e. The van der Waals surface area contributed by atoms with E-state index in [-0.39, 0.29) is 11.6 Å². The first-order chi connectivity index (χ1) is 9.59. The maximum absolute atomic E-state index is 14.2. The number of aromatic amines is 1. The van der Waals surface area contributed by atoms with E-state index in [4.69, 9.17) is 12.2 Å². The Morgan fingerprint density at radius 1 is 1.20 bits per heavy atom. The highest BCUT2D eigenvalue weighted by Crippen LogP contribution is 2.35. The van der Waals surface area contributed by atoms with Gasteiger partial charge in [-0.1, -0.05) is 26.2 Å². The van der Waals surface area contributed by atoms with Gasteiger partial charge in [-0.15, -0.1) is 0 Å². The van der Waals surface area contributed by atoms with Crippen molar-refractivity contribution in [2.75, 3.05) is 0 Å². The molecule has 1 aliphatic carbocycles. The molecule has 1 N–H and O–H groups in total. The van der Waals surface area contributed by atoms with Gasteiger partial charge in [0.05, 0.1) is 5.52 Å². The SMILES string of the molecule is CC1CCCCCC1n1c(=S)[nH]c2ccc(F)c(F)c21. The predicted octanol–water partition coefficient (Wildman–Crippen LogP) is 5.12. The summed E-state index contributed by atoms with van der Waals surface area (Å²) in [5.74, 6) is -1.20. The van der Waals surface area contributed by atoms with E-state index < -0.39 is 11.6 Å².